The Morgan fingerprint density at radius 2 is 1.95 bits per heavy atom. The molecule has 0 aromatic heterocycles. The summed E-state index contributed by atoms with van der Waals surface area (Å²) < 4.78 is 14.4. The number of hydrogen-bond acceptors (Lipinski definition) is 1. The predicted molar refractivity (Wildman–Crippen MR) is 87.7 cm³/mol. The molecule has 0 heterocycles. The number of halogens is 2. The van der Waals surface area contributed by atoms with Gasteiger partial charge in [-0.3, -0.25) is 0 Å². The highest BCUT2D eigenvalue weighted by atomic mass is 79.9. The lowest BCUT2D eigenvalue weighted by Gasteiger charge is -2.30. The van der Waals surface area contributed by atoms with Crippen LogP contribution in [-0.2, 0) is 18.4 Å². The van der Waals surface area contributed by atoms with Gasteiger partial charge in [0.15, 0.2) is 0 Å². The zero-order chi connectivity index (χ0) is 14.9. The number of aryl methyl sites for hydroxylation is 1. The normalized spacial score (nSPS) is 21.7. The van der Waals surface area contributed by atoms with Crippen LogP contribution in [0.4, 0.5) is 4.39 Å². The Hall–Kier alpha value is -1.19. The fourth-order valence-corrected chi connectivity index (χ4v) is 3.89. The third-order valence-electron chi connectivity index (χ3n) is 4.31. The van der Waals surface area contributed by atoms with Crippen molar-refractivity contribution < 1.29 is 4.39 Å². The Bertz CT molecular complexity index is 635. The Kier molecular flexibility index (Phi) is 4.14. The summed E-state index contributed by atoms with van der Waals surface area (Å²) in [4.78, 5) is 0. The smallest absolute Gasteiger partial charge is 0.124 e. The van der Waals surface area contributed by atoms with Crippen LogP contribution in [0.2, 0.25) is 0 Å². The van der Waals surface area contributed by atoms with E-state index in [4.69, 9.17) is 5.73 Å². The maximum atomic E-state index is 13.6. The average molecular weight is 348 g/mol. The van der Waals surface area contributed by atoms with Crippen LogP contribution >= 0.6 is 15.9 Å². The summed E-state index contributed by atoms with van der Waals surface area (Å²) in [6.07, 6.45) is 4.98. The third-order valence-corrected chi connectivity index (χ3v) is 4.77. The van der Waals surface area contributed by atoms with Crippen molar-refractivity contribution in [2.45, 2.75) is 37.6 Å². The van der Waals surface area contributed by atoms with Gasteiger partial charge >= 0.3 is 0 Å². The molecular weight excluding hydrogens is 329 g/mol. The highest BCUT2D eigenvalue weighted by Crippen LogP contribution is 2.35. The summed E-state index contributed by atoms with van der Waals surface area (Å²) in [7, 11) is 0. The molecule has 3 rings (SSSR count). The van der Waals surface area contributed by atoms with E-state index in [2.05, 4.69) is 34.1 Å². The van der Waals surface area contributed by atoms with Gasteiger partial charge in [-0.05, 0) is 60.6 Å². The summed E-state index contributed by atoms with van der Waals surface area (Å²) >= 11 is 3.36. The van der Waals surface area contributed by atoms with Gasteiger partial charge < -0.3 is 5.73 Å². The highest BCUT2D eigenvalue weighted by Gasteiger charge is 2.31. The van der Waals surface area contributed by atoms with E-state index in [0.29, 0.717) is 6.42 Å². The van der Waals surface area contributed by atoms with Crippen molar-refractivity contribution in [3.8, 4) is 0 Å². The summed E-state index contributed by atoms with van der Waals surface area (Å²) in [5, 5.41) is 0. The van der Waals surface area contributed by atoms with Crippen molar-refractivity contribution in [2.75, 3.05) is 0 Å². The molecule has 1 atom stereocenters. The van der Waals surface area contributed by atoms with E-state index in [9.17, 15) is 4.39 Å². The van der Waals surface area contributed by atoms with E-state index in [1.54, 1.807) is 6.07 Å². The lowest BCUT2D eigenvalue weighted by atomic mass is 9.80. The molecule has 0 amide bonds. The van der Waals surface area contributed by atoms with Gasteiger partial charge in [-0.15, -0.1) is 0 Å². The topological polar surface area (TPSA) is 26.0 Å². The minimum atomic E-state index is -0.402. The first-order chi connectivity index (χ1) is 10.1. The van der Waals surface area contributed by atoms with E-state index in [-0.39, 0.29) is 5.82 Å². The van der Waals surface area contributed by atoms with Gasteiger partial charge in [-0.1, -0.05) is 46.6 Å². The van der Waals surface area contributed by atoms with Gasteiger partial charge in [0.25, 0.3) is 0 Å². The average Bonchev–Trinajstić information content (AvgIpc) is 2.58. The molecule has 110 valence electrons. The molecule has 1 unspecified atom stereocenters. The van der Waals surface area contributed by atoms with Crippen LogP contribution in [0.5, 0.6) is 0 Å². The van der Waals surface area contributed by atoms with Crippen LogP contribution in [0.15, 0.2) is 46.9 Å². The number of nitrogens with two attached hydrogens (primary N) is 1. The van der Waals surface area contributed by atoms with Crippen molar-refractivity contribution in [3.05, 3.63) is 69.4 Å². The first kappa shape index (κ1) is 14.7. The predicted octanol–water partition coefficient (Wildman–Crippen LogP) is 4.71. The number of hydrogen-bond donors (Lipinski definition) is 1. The second-order valence-electron chi connectivity index (χ2n) is 5.97. The van der Waals surface area contributed by atoms with Gasteiger partial charge in [0, 0.05) is 10.0 Å². The maximum absolute atomic E-state index is 13.6. The lowest BCUT2D eigenvalue weighted by molar-refractivity contribution is 0.398. The first-order valence-corrected chi connectivity index (χ1v) is 8.18. The summed E-state index contributed by atoms with van der Waals surface area (Å²) in [6, 6.07) is 13.5. The maximum Gasteiger partial charge on any atom is 0.124 e. The monoisotopic (exact) mass is 347 g/mol. The number of benzene rings is 2. The molecular formula is C18H19BrFN. The second-order valence-corrected chi connectivity index (χ2v) is 6.89. The standard InChI is InChI=1S/C18H19BrFN/c19-15-9-13(10-16(20)11-15)12-18(21)8-4-3-6-14-5-1-2-7-17(14)18/h1-2,5,7,9-11H,3-4,6,8,12,21H2. The quantitative estimate of drug-likeness (QED) is 0.782. The molecule has 2 aromatic carbocycles. The first-order valence-electron chi connectivity index (χ1n) is 7.39. The molecule has 0 radical (unpaired) electrons. The molecule has 0 bridgehead atoms. The van der Waals surface area contributed by atoms with Crippen molar-refractivity contribution in [1.82, 2.24) is 0 Å². The van der Waals surface area contributed by atoms with E-state index < -0.39 is 5.54 Å². The van der Waals surface area contributed by atoms with Crippen molar-refractivity contribution in [1.29, 1.82) is 0 Å². The Morgan fingerprint density at radius 3 is 2.76 bits per heavy atom. The van der Waals surface area contributed by atoms with Gasteiger partial charge in [0.2, 0.25) is 0 Å². The van der Waals surface area contributed by atoms with Gasteiger partial charge in [0.05, 0.1) is 0 Å². The molecule has 0 saturated heterocycles. The van der Waals surface area contributed by atoms with Crippen molar-refractivity contribution in [3.63, 3.8) is 0 Å². The van der Waals surface area contributed by atoms with Crippen LogP contribution in [0, 0.1) is 5.82 Å². The van der Waals surface area contributed by atoms with E-state index >= 15 is 0 Å². The molecule has 0 fully saturated rings. The zero-order valence-corrected chi connectivity index (χ0v) is 13.5. The molecule has 1 nitrogen and oxygen atoms in total. The summed E-state index contributed by atoms with van der Waals surface area (Å²) in [6.45, 7) is 0. The molecule has 3 heteroatoms. The molecule has 0 spiro atoms. The highest BCUT2D eigenvalue weighted by molar-refractivity contribution is 9.10. The van der Waals surface area contributed by atoms with Crippen LogP contribution in [0.1, 0.15) is 36.0 Å². The van der Waals surface area contributed by atoms with Crippen LogP contribution in [-0.4, -0.2) is 0 Å². The minimum absolute atomic E-state index is 0.218. The van der Waals surface area contributed by atoms with Gasteiger partial charge in [-0.25, -0.2) is 4.39 Å². The fourth-order valence-electron chi connectivity index (χ4n) is 3.38. The Labute approximate surface area is 133 Å². The summed E-state index contributed by atoms with van der Waals surface area (Å²) in [5.41, 5.74) is 9.87. The molecule has 2 N–H and O–H groups in total. The van der Waals surface area contributed by atoms with E-state index in [1.165, 1.54) is 23.6 Å². The Balaban J connectivity index is 1.99. The molecule has 0 saturated carbocycles. The number of fused-ring (bicyclic) bond motifs is 1. The minimum Gasteiger partial charge on any atom is -0.321 e. The van der Waals surface area contributed by atoms with Crippen LogP contribution in [0.25, 0.3) is 0 Å². The molecule has 2 aromatic rings. The summed E-state index contributed by atoms with van der Waals surface area (Å²) in [5.74, 6) is -0.218. The lowest BCUT2D eigenvalue weighted by Crippen LogP contribution is -2.39. The van der Waals surface area contributed by atoms with Crippen molar-refractivity contribution >= 4 is 15.9 Å². The van der Waals surface area contributed by atoms with Crippen LogP contribution in [0.3, 0.4) is 0 Å². The molecule has 21 heavy (non-hydrogen) atoms. The molecule has 1 aliphatic carbocycles. The zero-order valence-electron chi connectivity index (χ0n) is 11.9. The third kappa shape index (κ3) is 3.19. The van der Waals surface area contributed by atoms with E-state index in [1.807, 2.05) is 12.1 Å². The molecule has 0 aliphatic heterocycles. The second kappa shape index (κ2) is 5.90. The number of rotatable bonds is 2. The van der Waals surface area contributed by atoms with Crippen LogP contribution < -0.4 is 5.73 Å². The SMILES string of the molecule is NC1(Cc2cc(F)cc(Br)c2)CCCCc2ccccc21. The van der Waals surface area contributed by atoms with E-state index in [0.717, 1.165) is 29.3 Å². The van der Waals surface area contributed by atoms with Gasteiger partial charge in [-0.2, -0.15) is 0 Å². The van der Waals surface area contributed by atoms with Crippen molar-refractivity contribution in [2.24, 2.45) is 5.73 Å². The fraction of sp³-hybridized carbons (Fsp3) is 0.333. The molecule has 1 aliphatic rings. The largest absolute Gasteiger partial charge is 0.321 e. The van der Waals surface area contributed by atoms with Gasteiger partial charge in [0.1, 0.15) is 5.82 Å². The Morgan fingerprint density at radius 1 is 1.14 bits per heavy atom.